The molecule has 1 aliphatic heterocycles. The van der Waals surface area contributed by atoms with Crippen LogP contribution in [0.5, 0.6) is 0 Å². The van der Waals surface area contributed by atoms with Crippen LogP contribution in [0.1, 0.15) is 36.2 Å². The number of nitrogens with zero attached hydrogens (tertiary/aromatic N) is 1. The molecule has 104 valence electrons. The van der Waals surface area contributed by atoms with Gasteiger partial charge in [-0.25, -0.2) is 0 Å². The van der Waals surface area contributed by atoms with Crippen molar-refractivity contribution in [1.29, 1.82) is 0 Å². The molecule has 1 saturated heterocycles. The number of aryl methyl sites for hydroxylation is 1. The summed E-state index contributed by atoms with van der Waals surface area (Å²) in [5, 5.41) is 3.36. The average Bonchev–Trinajstić information content (AvgIpc) is 2.46. The average molecular weight is 260 g/mol. The largest absolute Gasteiger partial charge is 0.369 e. The van der Waals surface area contributed by atoms with E-state index in [1.54, 1.807) is 0 Å². The predicted octanol–water partition coefficient (Wildman–Crippen LogP) is 2.63. The van der Waals surface area contributed by atoms with Gasteiger partial charge in [0.2, 0.25) is 0 Å². The van der Waals surface area contributed by atoms with Crippen LogP contribution in [0.2, 0.25) is 0 Å². The predicted molar refractivity (Wildman–Crippen MR) is 80.0 cm³/mol. The molecular formula is C16H24N2O. The third-order valence-corrected chi connectivity index (χ3v) is 4.02. The fraction of sp³-hybridized carbons (Fsp3) is 0.562. The molecule has 3 heteroatoms. The van der Waals surface area contributed by atoms with Crippen molar-refractivity contribution in [3.05, 3.63) is 29.3 Å². The number of Topliss-reactive ketones (excluding diaryl/α,β-unsaturated/α-hetero) is 1. The van der Waals surface area contributed by atoms with E-state index < -0.39 is 0 Å². The van der Waals surface area contributed by atoms with Crippen molar-refractivity contribution in [3.8, 4) is 0 Å². The van der Waals surface area contributed by atoms with Crippen molar-refractivity contribution in [3.63, 3.8) is 0 Å². The standard InChI is InChI=1S/C16H24N2O/c1-4-12(2)16(19)15-6-5-14(11-13(15)3)18-9-7-17-8-10-18/h5-6,11-12,17H,4,7-10H2,1-3H3. The Balaban J connectivity index is 2.19. The molecule has 0 aliphatic carbocycles. The van der Waals surface area contributed by atoms with E-state index in [2.05, 4.69) is 29.3 Å². The number of nitrogens with one attached hydrogen (secondary N) is 1. The van der Waals surface area contributed by atoms with Crippen LogP contribution in [0.25, 0.3) is 0 Å². The molecule has 1 aromatic carbocycles. The Morgan fingerprint density at radius 2 is 2.05 bits per heavy atom. The molecule has 0 radical (unpaired) electrons. The Hall–Kier alpha value is -1.35. The Bertz CT molecular complexity index is 450. The summed E-state index contributed by atoms with van der Waals surface area (Å²) in [7, 11) is 0. The number of hydrogen-bond acceptors (Lipinski definition) is 3. The minimum atomic E-state index is 0.115. The van der Waals surface area contributed by atoms with Crippen LogP contribution >= 0.6 is 0 Å². The molecule has 1 fully saturated rings. The first-order valence-electron chi connectivity index (χ1n) is 7.24. The highest BCUT2D eigenvalue weighted by Crippen LogP contribution is 2.22. The molecule has 1 aliphatic rings. The maximum absolute atomic E-state index is 12.3. The van der Waals surface area contributed by atoms with Crippen molar-refractivity contribution < 1.29 is 4.79 Å². The van der Waals surface area contributed by atoms with E-state index in [-0.39, 0.29) is 11.7 Å². The van der Waals surface area contributed by atoms with E-state index in [9.17, 15) is 4.79 Å². The first kappa shape index (κ1) is 14.1. The molecule has 19 heavy (non-hydrogen) atoms. The van der Waals surface area contributed by atoms with Crippen molar-refractivity contribution in [2.45, 2.75) is 27.2 Å². The zero-order chi connectivity index (χ0) is 13.8. The van der Waals surface area contributed by atoms with Crippen LogP contribution in [0, 0.1) is 12.8 Å². The summed E-state index contributed by atoms with van der Waals surface area (Å²) in [4.78, 5) is 14.6. The van der Waals surface area contributed by atoms with Gasteiger partial charge in [0.05, 0.1) is 0 Å². The van der Waals surface area contributed by atoms with Crippen molar-refractivity contribution >= 4 is 11.5 Å². The van der Waals surface area contributed by atoms with Gasteiger partial charge in [-0.1, -0.05) is 13.8 Å². The van der Waals surface area contributed by atoms with Gasteiger partial charge in [0.25, 0.3) is 0 Å². The minimum Gasteiger partial charge on any atom is -0.369 e. The summed E-state index contributed by atoms with van der Waals surface area (Å²) in [6, 6.07) is 6.25. The van der Waals surface area contributed by atoms with Crippen LogP contribution in [0.3, 0.4) is 0 Å². The number of anilines is 1. The fourth-order valence-electron chi connectivity index (χ4n) is 2.49. The third kappa shape index (κ3) is 3.16. The van der Waals surface area contributed by atoms with E-state index in [1.807, 2.05) is 19.9 Å². The molecule has 2 rings (SSSR count). The Kier molecular flexibility index (Phi) is 4.59. The first-order chi connectivity index (χ1) is 9.13. The fourth-order valence-corrected chi connectivity index (χ4v) is 2.49. The third-order valence-electron chi connectivity index (χ3n) is 4.02. The molecule has 1 heterocycles. The van der Waals surface area contributed by atoms with Crippen molar-refractivity contribution in [2.75, 3.05) is 31.1 Å². The zero-order valence-corrected chi connectivity index (χ0v) is 12.2. The Morgan fingerprint density at radius 1 is 1.37 bits per heavy atom. The normalized spacial score (nSPS) is 17.3. The number of carbonyl (C=O) groups excluding carboxylic acids is 1. The smallest absolute Gasteiger partial charge is 0.165 e. The number of carbonyl (C=O) groups is 1. The number of hydrogen-bond donors (Lipinski definition) is 1. The summed E-state index contributed by atoms with van der Waals surface area (Å²) >= 11 is 0. The second-order valence-electron chi connectivity index (χ2n) is 5.41. The molecular weight excluding hydrogens is 236 g/mol. The SMILES string of the molecule is CCC(C)C(=O)c1ccc(N2CCNCC2)cc1C. The molecule has 0 amide bonds. The van der Waals surface area contributed by atoms with Crippen LogP contribution < -0.4 is 10.2 Å². The van der Waals surface area contributed by atoms with E-state index in [0.29, 0.717) is 0 Å². The van der Waals surface area contributed by atoms with Crippen LogP contribution in [0.4, 0.5) is 5.69 Å². The molecule has 0 spiro atoms. The summed E-state index contributed by atoms with van der Waals surface area (Å²) in [5.74, 6) is 0.385. The number of ketones is 1. The van der Waals surface area contributed by atoms with Crippen molar-refractivity contribution in [1.82, 2.24) is 5.32 Å². The van der Waals surface area contributed by atoms with Crippen LogP contribution in [-0.2, 0) is 0 Å². The molecule has 0 aromatic heterocycles. The molecule has 0 bridgehead atoms. The maximum Gasteiger partial charge on any atom is 0.165 e. The topological polar surface area (TPSA) is 32.3 Å². The Morgan fingerprint density at radius 3 is 2.63 bits per heavy atom. The minimum absolute atomic E-state index is 0.115. The summed E-state index contributed by atoms with van der Waals surface area (Å²) in [6.45, 7) is 10.3. The van der Waals surface area contributed by atoms with E-state index in [4.69, 9.17) is 0 Å². The van der Waals surface area contributed by atoms with Gasteiger partial charge >= 0.3 is 0 Å². The lowest BCUT2D eigenvalue weighted by molar-refractivity contribution is 0.0926. The molecule has 1 unspecified atom stereocenters. The van der Waals surface area contributed by atoms with Gasteiger partial charge in [-0.2, -0.15) is 0 Å². The number of rotatable bonds is 4. The van der Waals surface area contributed by atoms with Crippen LogP contribution in [-0.4, -0.2) is 32.0 Å². The zero-order valence-electron chi connectivity index (χ0n) is 12.2. The number of benzene rings is 1. The highest BCUT2D eigenvalue weighted by molar-refractivity contribution is 5.99. The lowest BCUT2D eigenvalue weighted by atomic mass is 9.94. The van der Waals surface area contributed by atoms with Gasteiger partial charge in [0.1, 0.15) is 0 Å². The second kappa shape index (κ2) is 6.20. The van der Waals surface area contributed by atoms with Crippen LogP contribution in [0.15, 0.2) is 18.2 Å². The second-order valence-corrected chi connectivity index (χ2v) is 5.41. The van der Waals surface area contributed by atoms with Gasteiger partial charge < -0.3 is 10.2 Å². The maximum atomic E-state index is 12.3. The first-order valence-corrected chi connectivity index (χ1v) is 7.24. The van der Waals surface area contributed by atoms with Crippen molar-refractivity contribution in [2.24, 2.45) is 5.92 Å². The van der Waals surface area contributed by atoms with E-state index in [1.165, 1.54) is 5.69 Å². The summed E-state index contributed by atoms with van der Waals surface area (Å²) in [6.07, 6.45) is 0.901. The summed E-state index contributed by atoms with van der Waals surface area (Å²) < 4.78 is 0. The molecule has 1 atom stereocenters. The van der Waals surface area contributed by atoms with Gasteiger partial charge in [0.15, 0.2) is 5.78 Å². The van der Waals surface area contributed by atoms with E-state index in [0.717, 1.165) is 43.7 Å². The van der Waals surface area contributed by atoms with Gasteiger partial charge in [-0.05, 0) is 37.1 Å². The van der Waals surface area contributed by atoms with E-state index >= 15 is 0 Å². The highest BCUT2D eigenvalue weighted by Gasteiger charge is 2.17. The lowest BCUT2D eigenvalue weighted by Crippen LogP contribution is -2.43. The molecule has 3 nitrogen and oxygen atoms in total. The van der Waals surface area contributed by atoms with Gasteiger partial charge in [-0.3, -0.25) is 4.79 Å². The summed E-state index contributed by atoms with van der Waals surface area (Å²) in [5.41, 5.74) is 3.22. The van der Waals surface area contributed by atoms with Gasteiger partial charge in [-0.15, -0.1) is 0 Å². The molecule has 1 aromatic rings. The monoisotopic (exact) mass is 260 g/mol. The number of piperazine rings is 1. The molecule has 0 saturated carbocycles. The molecule has 1 N–H and O–H groups in total. The lowest BCUT2D eigenvalue weighted by Gasteiger charge is -2.30. The quantitative estimate of drug-likeness (QED) is 0.845. The highest BCUT2D eigenvalue weighted by atomic mass is 16.1. The van der Waals surface area contributed by atoms with Gasteiger partial charge in [0, 0.05) is 43.3 Å². The Labute approximate surface area is 116 Å².